The summed E-state index contributed by atoms with van der Waals surface area (Å²) in [5.74, 6) is 1.58. The van der Waals surface area contributed by atoms with Crippen LogP contribution in [0.1, 0.15) is 24.2 Å². The first-order valence-corrected chi connectivity index (χ1v) is 8.72. The highest BCUT2D eigenvalue weighted by atomic mass is 32.1. The average molecular weight is 364 g/mol. The Balaban J connectivity index is 1.66. The van der Waals surface area contributed by atoms with E-state index in [0.717, 1.165) is 17.0 Å². The lowest BCUT2D eigenvalue weighted by Crippen LogP contribution is -2.31. The molecule has 132 valence electrons. The molecule has 1 atom stereocenters. The molecule has 0 amide bonds. The van der Waals surface area contributed by atoms with E-state index in [1.54, 1.807) is 6.07 Å². The molecular weight excluding hydrogens is 344 g/mol. The summed E-state index contributed by atoms with van der Waals surface area (Å²) in [5, 5.41) is 6.72. The smallest absolute Gasteiger partial charge is 0.232 e. The topological polar surface area (TPSA) is 59.1 Å². The fraction of sp³-hybridized carbons (Fsp3) is 0.150. The molecule has 0 saturated heterocycles. The fourth-order valence-electron chi connectivity index (χ4n) is 2.42. The summed E-state index contributed by atoms with van der Waals surface area (Å²) in [5.41, 5.74) is 1.93. The van der Waals surface area contributed by atoms with E-state index in [-0.39, 0.29) is 6.04 Å². The first-order valence-electron chi connectivity index (χ1n) is 8.31. The molecule has 26 heavy (non-hydrogen) atoms. The van der Waals surface area contributed by atoms with Crippen LogP contribution < -0.4 is 15.4 Å². The largest absolute Gasteiger partial charge is 0.439 e. The zero-order chi connectivity index (χ0) is 18.4. The maximum absolute atomic E-state index is 5.78. The van der Waals surface area contributed by atoms with Gasteiger partial charge in [-0.15, -0.1) is 0 Å². The summed E-state index contributed by atoms with van der Waals surface area (Å²) < 4.78 is 5.78. The van der Waals surface area contributed by atoms with E-state index in [4.69, 9.17) is 17.0 Å². The zero-order valence-electron chi connectivity index (χ0n) is 14.6. The molecule has 5 nitrogen and oxygen atoms in total. The normalized spacial score (nSPS) is 11.5. The zero-order valence-corrected chi connectivity index (χ0v) is 15.5. The Morgan fingerprint density at radius 3 is 2.35 bits per heavy atom. The van der Waals surface area contributed by atoms with E-state index >= 15 is 0 Å². The van der Waals surface area contributed by atoms with Gasteiger partial charge in [0.25, 0.3) is 0 Å². The van der Waals surface area contributed by atoms with Gasteiger partial charge in [-0.25, -0.2) is 4.98 Å². The highest BCUT2D eigenvalue weighted by Crippen LogP contribution is 2.20. The molecular formula is C20H20N4OS. The first kappa shape index (κ1) is 17.8. The van der Waals surface area contributed by atoms with Crippen molar-refractivity contribution in [2.45, 2.75) is 19.9 Å². The second-order valence-corrected chi connectivity index (χ2v) is 6.23. The molecule has 0 bridgehead atoms. The van der Waals surface area contributed by atoms with Gasteiger partial charge in [-0.05, 0) is 43.8 Å². The third-order valence-electron chi connectivity index (χ3n) is 3.67. The number of hydrogen-bond acceptors (Lipinski definition) is 4. The van der Waals surface area contributed by atoms with Gasteiger partial charge in [0.2, 0.25) is 11.8 Å². The van der Waals surface area contributed by atoms with Crippen LogP contribution in [0.4, 0.5) is 5.95 Å². The van der Waals surface area contributed by atoms with E-state index in [9.17, 15) is 0 Å². The molecule has 0 aliphatic rings. The second kappa shape index (κ2) is 8.40. The van der Waals surface area contributed by atoms with Crippen molar-refractivity contribution in [3.8, 4) is 11.6 Å². The Bertz CT molecular complexity index is 871. The number of nitrogens with zero attached hydrogens (tertiary/aromatic N) is 2. The summed E-state index contributed by atoms with van der Waals surface area (Å²) >= 11 is 5.39. The predicted molar refractivity (Wildman–Crippen MR) is 107 cm³/mol. The average Bonchev–Trinajstić information content (AvgIpc) is 2.62. The van der Waals surface area contributed by atoms with Crippen LogP contribution in [0.5, 0.6) is 11.6 Å². The number of aryl methyl sites for hydroxylation is 1. The van der Waals surface area contributed by atoms with Crippen LogP contribution in [0.25, 0.3) is 0 Å². The highest BCUT2D eigenvalue weighted by molar-refractivity contribution is 7.80. The molecule has 0 aliphatic carbocycles. The molecule has 3 rings (SSSR count). The molecule has 0 saturated carbocycles. The third kappa shape index (κ3) is 5.00. The SMILES string of the molecule is Cc1cc(Oc2ccccc2)nc(NC(=S)N[C@@H](C)c2ccccc2)n1. The Hall–Kier alpha value is -2.99. The van der Waals surface area contributed by atoms with Crippen LogP contribution in [0.15, 0.2) is 66.7 Å². The number of para-hydroxylation sites is 1. The maximum Gasteiger partial charge on any atom is 0.232 e. The number of rotatable bonds is 5. The number of hydrogen-bond donors (Lipinski definition) is 2. The van der Waals surface area contributed by atoms with Gasteiger partial charge in [0, 0.05) is 11.8 Å². The van der Waals surface area contributed by atoms with Gasteiger partial charge in [0.05, 0.1) is 6.04 Å². The van der Waals surface area contributed by atoms with Crippen molar-refractivity contribution in [3.05, 3.63) is 78.0 Å². The summed E-state index contributed by atoms with van der Waals surface area (Å²) in [6, 6.07) is 21.4. The van der Waals surface area contributed by atoms with Gasteiger partial charge in [0.15, 0.2) is 5.11 Å². The molecule has 0 fully saturated rings. The Kier molecular flexibility index (Phi) is 5.76. The molecule has 0 unspecified atom stereocenters. The van der Waals surface area contributed by atoms with Crippen LogP contribution in [-0.4, -0.2) is 15.1 Å². The summed E-state index contributed by atoms with van der Waals surface area (Å²) in [4.78, 5) is 8.74. The molecule has 1 heterocycles. The van der Waals surface area contributed by atoms with Crippen molar-refractivity contribution >= 4 is 23.3 Å². The molecule has 3 aromatic rings. The number of thiocarbonyl (C=S) groups is 1. The van der Waals surface area contributed by atoms with Crippen LogP contribution in [-0.2, 0) is 0 Å². The summed E-state index contributed by atoms with van der Waals surface area (Å²) in [7, 11) is 0. The van der Waals surface area contributed by atoms with Gasteiger partial charge in [0.1, 0.15) is 5.75 Å². The maximum atomic E-state index is 5.78. The van der Waals surface area contributed by atoms with E-state index in [1.807, 2.05) is 62.4 Å². The Labute approximate surface area is 158 Å². The molecule has 0 aliphatic heterocycles. The molecule has 0 radical (unpaired) electrons. The van der Waals surface area contributed by atoms with Crippen LogP contribution >= 0.6 is 12.2 Å². The van der Waals surface area contributed by atoms with E-state index in [1.165, 1.54) is 0 Å². The van der Waals surface area contributed by atoms with Gasteiger partial charge in [-0.3, -0.25) is 0 Å². The minimum Gasteiger partial charge on any atom is -0.439 e. The number of ether oxygens (including phenoxy) is 1. The number of anilines is 1. The fourth-order valence-corrected chi connectivity index (χ4v) is 2.68. The van der Waals surface area contributed by atoms with Gasteiger partial charge in [-0.2, -0.15) is 4.98 Å². The van der Waals surface area contributed by atoms with Crippen molar-refractivity contribution < 1.29 is 4.74 Å². The Morgan fingerprint density at radius 1 is 1.00 bits per heavy atom. The number of aromatic nitrogens is 2. The monoisotopic (exact) mass is 364 g/mol. The van der Waals surface area contributed by atoms with Crippen molar-refractivity contribution in [3.63, 3.8) is 0 Å². The third-order valence-corrected chi connectivity index (χ3v) is 3.89. The standard InChI is InChI=1S/C20H20N4OS/c1-14-13-18(25-17-11-7-4-8-12-17)23-19(21-14)24-20(26)22-15(2)16-9-5-3-6-10-16/h3-13,15H,1-2H3,(H2,21,22,23,24,26)/t15-/m0/s1. The van der Waals surface area contributed by atoms with Crippen LogP contribution in [0, 0.1) is 6.92 Å². The van der Waals surface area contributed by atoms with Crippen molar-refractivity contribution in [1.29, 1.82) is 0 Å². The molecule has 2 aromatic carbocycles. The minimum atomic E-state index is 0.0704. The van der Waals surface area contributed by atoms with Crippen molar-refractivity contribution in [1.82, 2.24) is 15.3 Å². The lowest BCUT2D eigenvalue weighted by molar-refractivity contribution is 0.462. The number of benzene rings is 2. The second-order valence-electron chi connectivity index (χ2n) is 5.82. The lowest BCUT2D eigenvalue weighted by atomic mass is 10.1. The highest BCUT2D eigenvalue weighted by Gasteiger charge is 2.09. The van der Waals surface area contributed by atoms with Crippen molar-refractivity contribution in [2.75, 3.05) is 5.32 Å². The quantitative estimate of drug-likeness (QED) is 0.644. The van der Waals surface area contributed by atoms with Gasteiger partial charge in [-0.1, -0.05) is 48.5 Å². The summed E-state index contributed by atoms with van der Waals surface area (Å²) in [6.45, 7) is 3.93. The predicted octanol–water partition coefficient (Wildman–Crippen LogP) is 4.62. The van der Waals surface area contributed by atoms with Gasteiger partial charge < -0.3 is 15.4 Å². The van der Waals surface area contributed by atoms with Crippen LogP contribution in [0.2, 0.25) is 0 Å². The first-order chi connectivity index (χ1) is 12.6. The molecule has 2 N–H and O–H groups in total. The molecule has 0 spiro atoms. The summed E-state index contributed by atoms with van der Waals surface area (Å²) in [6.07, 6.45) is 0. The van der Waals surface area contributed by atoms with E-state index in [0.29, 0.717) is 16.9 Å². The van der Waals surface area contributed by atoms with E-state index in [2.05, 4.69) is 32.7 Å². The van der Waals surface area contributed by atoms with Crippen molar-refractivity contribution in [2.24, 2.45) is 0 Å². The van der Waals surface area contributed by atoms with E-state index < -0.39 is 0 Å². The lowest BCUT2D eigenvalue weighted by Gasteiger charge is -2.17. The minimum absolute atomic E-state index is 0.0704. The molecule has 6 heteroatoms. The Morgan fingerprint density at radius 2 is 1.65 bits per heavy atom. The van der Waals surface area contributed by atoms with Gasteiger partial charge >= 0.3 is 0 Å². The number of nitrogens with one attached hydrogen (secondary N) is 2. The molecule has 1 aromatic heterocycles. The van der Waals surface area contributed by atoms with Crippen LogP contribution in [0.3, 0.4) is 0 Å².